The van der Waals surface area contributed by atoms with Gasteiger partial charge in [-0.15, -0.1) is 0 Å². The number of benzene rings is 1. The number of ether oxygens (including phenoxy) is 1. The fourth-order valence-electron chi connectivity index (χ4n) is 2.52. The number of nitrogens with zero attached hydrogens (tertiary/aromatic N) is 3. The second-order valence-corrected chi connectivity index (χ2v) is 5.87. The molecule has 3 rings (SSSR count). The van der Waals surface area contributed by atoms with E-state index in [1.54, 1.807) is 6.20 Å². The number of carbonyl (C=O) groups is 1. The third-order valence-electron chi connectivity index (χ3n) is 4.01. The predicted molar refractivity (Wildman–Crippen MR) is 95.5 cm³/mol. The van der Waals surface area contributed by atoms with Crippen LogP contribution in [0.2, 0.25) is 0 Å². The topological polar surface area (TPSA) is 102 Å². The molecule has 25 heavy (non-hydrogen) atoms. The van der Waals surface area contributed by atoms with Crippen LogP contribution in [0.3, 0.4) is 0 Å². The second kappa shape index (κ2) is 7.74. The van der Waals surface area contributed by atoms with Crippen LogP contribution in [0.15, 0.2) is 41.7 Å². The molecule has 2 aromatic rings. The highest BCUT2D eigenvalue weighted by atomic mass is 16.5. The van der Waals surface area contributed by atoms with E-state index in [-0.39, 0.29) is 18.0 Å². The van der Waals surface area contributed by atoms with Gasteiger partial charge < -0.3 is 15.8 Å². The summed E-state index contributed by atoms with van der Waals surface area (Å²) in [5.41, 5.74) is 8.56. The van der Waals surface area contributed by atoms with Crippen molar-refractivity contribution >= 4 is 17.6 Å². The molecule has 1 aromatic carbocycles. The van der Waals surface area contributed by atoms with E-state index in [1.165, 1.54) is 11.8 Å². The zero-order chi connectivity index (χ0) is 17.6. The minimum absolute atomic E-state index is 0.129. The van der Waals surface area contributed by atoms with E-state index in [9.17, 15) is 4.79 Å². The number of carbonyl (C=O) groups excluding carboxylic acids is 1. The fourth-order valence-corrected chi connectivity index (χ4v) is 2.52. The third-order valence-corrected chi connectivity index (χ3v) is 4.01. The number of amidine groups is 1. The van der Waals surface area contributed by atoms with Crippen molar-refractivity contribution in [3.63, 3.8) is 0 Å². The van der Waals surface area contributed by atoms with Crippen LogP contribution < -0.4 is 11.1 Å². The molecule has 7 nitrogen and oxygen atoms in total. The highest BCUT2D eigenvalue weighted by Gasteiger charge is 2.16. The molecule has 130 valence electrons. The largest absolute Gasteiger partial charge is 0.463 e. The summed E-state index contributed by atoms with van der Waals surface area (Å²) in [5, 5.41) is 2.83. The first-order chi connectivity index (χ1) is 12.1. The first kappa shape index (κ1) is 16.9. The normalized spacial score (nSPS) is 16.2. The van der Waals surface area contributed by atoms with E-state index in [0.717, 1.165) is 30.6 Å². The smallest absolute Gasteiger partial charge is 0.282 e. The number of nitrogens with one attached hydrogen (secondary N) is 1. The van der Waals surface area contributed by atoms with Gasteiger partial charge in [0.05, 0.1) is 17.9 Å². The molecule has 2 heterocycles. The monoisotopic (exact) mass is 339 g/mol. The Balaban J connectivity index is 1.53. The Morgan fingerprint density at radius 3 is 2.68 bits per heavy atom. The van der Waals surface area contributed by atoms with Crippen molar-refractivity contribution in [2.75, 3.05) is 11.9 Å². The van der Waals surface area contributed by atoms with E-state index in [0.29, 0.717) is 12.3 Å². The molecule has 0 bridgehead atoms. The molecule has 0 saturated carbocycles. The molecule has 3 N–H and O–H groups in total. The second-order valence-electron chi connectivity index (χ2n) is 5.87. The lowest BCUT2D eigenvalue weighted by Gasteiger charge is -2.08. The van der Waals surface area contributed by atoms with Crippen molar-refractivity contribution in [3.05, 3.63) is 53.6 Å². The number of aryl methyl sites for hydroxylation is 2. The van der Waals surface area contributed by atoms with Crippen LogP contribution in [0.4, 0.5) is 5.69 Å². The van der Waals surface area contributed by atoms with Crippen LogP contribution in [-0.2, 0) is 17.6 Å². The van der Waals surface area contributed by atoms with Gasteiger partial charge in [-0.1, -0.05) is 19.1 Å². The van der Waals surface area contributed by atoms with Gasteiger partial charge in [0.25, 0.3) is 11.9 Å². The fraction of sp³-hybridized carbons (Fsp3) is 0.333. The SMILES string of the molecule is CCc1cnc(C(=O)Nc2ccc(CCC3COC(N)=N3)cc2)cn1. The van der Waals surface area contributed by atoms with Gasteiger partial charge in [0.1, 0.15) is 12.3 Å². The van der Waals surface area contributed by atoms with E-state index >= 15 is 0 Å². The van der Waals surface area contributed by atoms with Gasteiger partial charge in [-0.3, -0.25) is 9.78 Å². The van der Waals surface area contributed by atoms with Crippen molar-refractivity contribution in [2.45, 2.75) is 32.2 Å². The molecule has 7 heteroatoms. The number of amides is 1. The maximum Gasteiger partial charge on any atom is 0.282 e. The molecule has 1 atom stereocenters. The highest BCUT2D eigenvalue weighted by molar-refractivity contribution is 6.02. The third kappa shape index (κ3) is 4.53. The number of aromatic nitrogens is 2. The van der Waals surface area contributed by atoms with Crippen LogP contribution in [0.25, 0.3) is 0 Å². The standard InChI is InChI=1S/C18H21N5O2/c1-2-13-9-21-16(10-20-13)17(24)22-14-6-3-12(4-7-14)5-8-15-11-25-18(19)23-15/h3-4,6-7,9-10,15H,2,5,8,11H2,1H3,(H2,19,23)(H,22,24). The molecule has 1 aliphatic heterocycles. The molecule has 1 aliphatic rings. The van der Waals surface area contributed by atoms with Crippen LogP contribution in [-0.4, -0.2) is 34.5 Å². The first-order valence-electron chi connectivity index (χ1n) is 8.31. The Hall–Kier alpha value is -2.96. The predicted octanol–water partition coefficient (Wildman–Crippen LogP) is 1.94. The lowest BCUT2D eigenvalue weighted by molar-refractivity contribution is 0.102. The van der Waals surface area contributed by atoms with Gasteiger partial charge in [-0.2, -0.15) is 0 Å². The summed E-state index contributed by atoms with van der Waals surface area (Å²) in [6.45, 7) is 2.55. The Morgan fingerprint density at radius 2 is 2.08 bits per heavy atom. The van der Waals surface area contributed by atoms with Crippen molar-refractivity contribution in [1.82, 2.24) is 9.97 Å². The number of hydrogen-bond acceptors (Lipinski definition) is 6. The first-order valence-corrected chi connectivity index (χ1v) is 8.31. The number of hydrogen-bond donors (Lipinski definition) is 2. The molecule has 1 aromatic heterocycles. The lowest BCUT2D eigenvalue weighted by atomic mass is 10.1. The number of anilines is 1. The Morgan fingerprint density at radius 1 is 1.28 bits per heavy atom. The van der Waals surface area contributed by atoms with E-state index in [2.05, 4.69) is 20.3 Å². The number of aliphatic imine (C=N–C) groups is 1. The molecular formula is C18H21N5O2. The summed E-state index contributed by atoms with van der Waals surface area (Å²) in [6.07, 6.45) is 5.68. The summed E-state index contributed by atoms with van der Waals surface area (Å²) >= 11 is 0. The van der Waals surface area contributed by atoms with Crippen LogP contribution in [0.5, 0.6) is 0 Å². The average Bonchev–Trinajstić information content (AvgIpc) is 3.06. The summed E-state index contributed by atoms with van der Waals surface area (Å²) in [6, 6.07) is 8.14. The minimum Gasteiger partial charge on any atom is -0.463 e. The number of nitrogens with two attached hydrogens (primary N) is 1. The summed E-state index contributed by atoms with van der Waals surface area (Å²) in [4.78, 5) is 24.7. The van der Waals surface area contributed by atoms with E-state index in [4.69, 9.17) is 10.5 Å². The van der Waals surface area contributed by atoms with Gasteiger partial charge >= 0.3 is 0 Å². The molecule has 0 radical (unpaired) electrons. The quantitative estimate of drug-likeness (QED) is 0.837. The Bertz CT molecular complexity index is 756. The minimum atomic E-state index is -0.268. The van der Waals surface area contributed by atoms with Gasteiger partial charge in [-0.25, -0.2) is 9.98 Å². The molecule has 0 aliphatic carbocycles. The molecule has 1 amide bonds. The van der Waals surface area contributed by atoms with Gasteiger partial charge in [0.15, 0.2) is 0 Å². The Kier molecular flexibility index (Phi) is 5.23. The van der Waals surface area contributed by atoms with Gasteiger partial charge in [0, 0.05) is 11.9 Å². The van der Waals surface area contributed by atoms with Crippen molar-refractivity contribution in [3.8, 4) is 0 Å². The van der Waals surface area contributed by atoms with E-state index < -0.39 is 0 Å². The molecule has 1 unspecified atom stereocenters. The molecule has 0 spiro atoms. The number of rotatable bonds is 6. The lowest BCUT2D eigenvalue weighted by Crippen LogP contribution is -2.14. The van der Waals surface area contributed by atoms with Gasteiger partial charge in [0.2, 0.25) is 0 Å². The van der Waals surface area contributed by atoms with Crippen molar-refractivity contribution in [1.29, 1.82) is 0 Å². The zero-order valence-electron chi connectivity index (χ0n) is 14.1. The Labute approximate surface area is 146 Å². The summed E-state index contributed by atoms with van der Waals surface area (Å²) in [7, 11) is 0. The molecule has 0 saturated heterocycles. The average molecular weight is 339 g/mol. The highest BCUT2D eigenvalue weighted by Crippen LogP contribution is 2.15. The maximum absolute atomic E-state index is 12.2. The molecular weight excluding hydrogens is 318 g/mol. The van der Waals surface area contributed by atoms with Gasteiger partial charge in [-0.05, 0) is 37.0 Å². The van der Waals surface area contributed by atoms with Crippen molar-refractivity contribution in [2.24, 2.45) is 10.7 Å². The zero-order valence-corrected chi connectivity index (χ0v) is 14.1. The summed E-state index contributed by atoms with van der Waals surface area (Å²) in [5.74, 6) is -0.268. The summed E-state index contributed by atoms with van der Waals surface area (Å²) < 4.78 is 5.14. The van der Waals surface area contributed by atoms with E-state index in [1.807, 2.05) is 31.2 Å². The van der Waals surface area contributed by atoms with Crippen LogP contribution in [0, 0.1) is 0 Å². The van der Waals surface area contributed by atoms with Crippen LogP contribution in [0.1, 0.15) is 35.1 Å². The molecule has 0 fully saturated rings. The van der Waals surface area contributed by atoms with Crippen LogP contribution >= 0.6 is 0 Å². The maximum atomic E-state index is 12.2. The van der Waals surface area contributed by atoms with Crippen molar-refractivity contribution < 1.29 is 9.53 Å².